The number of ether oxygens (including phenoxy) is 1. The highest BCUT2D eigenvalue weighted by atomic mass is 32.2. The Morgan fingerprint density at radius 1 is 1.23 bits per heavy atom. The van der Waals surface area contributed by atoms with Crippen molar-refractivity contribution in [2.75, 3.05) is 25.1 Å². The quantitative estimate of drug-likeness (QED) is 0.826. The second-order valence-electron chi connectivity index (χ2n) is 6.00. The van der Waals surface area contributed by atoms with Gasteiger partial charge < -0.3 is 9.64 Å². The molecule has 1 saturated heterocycles. The number of benzene rings is 1. The highest BCUT2D eigenvalue weighted by molar-refractivity contribution is 7.89. The van der Waals surface area contributed by atoms with Gasteiger partial charge in [0.2, 0.25) is 10.0 Å². The molecule has 0 radical (unpaired) electrons. The number of piperidine rings is 1. The lowest BCUT2D eigenvalue weighted by atomic mass is 10.1. The number of aromatic nitrogens is 2. The molecular formula is C17H21FN4O3S. The van der Waals surface area contributed by atoms with Gasteiger partial charge in [-0.25, -0.2) is 27.5 Å². The highest BCUT2D eigenvalue weighted by Gasteiger charge is 2.21. The van der Waals surface area contributed by atoms with E-state index in [1.165, 1.54) is 19.6 Å². The Morgan fingerprint density at radius 2 is 2.00 bits per heavy atom. The number of hydrogen-bond donors (Lipinski definition) is 1. The molecule has 2 aromatic rings. The lowest BCUT2D eigenvalue weighted by molar-refractivity contribution is 0.400. The van der Waals surface area contributed by atoms with Crippen LogP contribution in [0.3, 0.4) is 0 Å². The van der Waals surface area contributed by atoms with Crippen LogP contribution in [0.15, 0.2) is 35.4 Å². The van der Waals surface area contributed by atoms with Crippen LogP contribution in [0.4, 0.5) is 10.2 Å². The van der Waals surface area contributed by atoms with Crippen molar-refractivity contribution in [3.63, 3.8) is 0 Å². The molecule has 26 heavy (non-hydrogen) atoms. The van der Waals surface area contributed by atoms with Gasteiger partial charge in [0.1, 0.15) is 28.1 Å². The molecule has 0 spiro atoms. The van der Waals surface area contributed by atoms with Crippen LogP contribution >= 0.6 is 0 Å². The Morgan fingerprint density at radius 3 is 2.73 bits per heavy atom. The Hall–Kier alpha value is -2.26. The molecule has 0 bridgehead atoms. The number of nitrogens with one attached hydrogen (secondary N) is 1. The summed E-state index contributed by atoms with van der Waals surface area (Å²) in [6, 6.07) is 5.16. The minimum Gasteiger partial charge on any atom is -0.495 e. The number of halogens is 1. The SMILES string of the molecule is COc1ccc(F)cc1S(=O)(=O)NCc1nccc(N2CCCCC2)n1. The Bertz CT molecular complexity index is 870. The summed E-state index contributed by atoms with van der Waals surface area (Å²) in [7, 11) is -2.64. The Labute approximate surface area is 152 Å². The molecule has 0 unspecified atom stereocenters. The maximum Gasteiger partial charge on any atom is 0.244 e. The standard InChI is InChI=1S/C17H21FN4O3S/c1-25-14-6-5-13(18)11-15(14)26(23,24)20-12-16-19-8-7-17(21-16)22-9-3-2-4-10-22/h5-8,11,20H,2-4,9-10,12H2,1H3. The van der Waals surface area contributed by atoms with E-state index < -0.39 is 15.8 Å². The first-order valence-electron chi connectivity index (χ1n) is 8.40. The molecule has 9 heteroatoms. The smallest absolute Gasteiger partial charge is 0.244 e. The molecule has 0 saturated carbocycles. The summed E-state index contributed by atoms with van der Waals surface area (Å²) in [5, 5.41) is 0. The van der Waals surface area contributed by atoms with E-state index in [2.05, 4.69) is 19.6 Å². The molecule has 0 aliphatic carbocycles. The van der Waals surface area contributed by atoms with Crippen LogP contribution in [-0.4, -0.2) is 38.6 Å². The van der Waals surface area contributed by atoms with Crippen LogP contribution in [0.25, 0.3) is 0 Å². The van der Waals surface area contributed by atoms with Gasteiger partial charge in [0.15, 0.2) is 0 Å². The molecule has 2 heterocycles. The molecule has 0 atom stereocenters. The number of hydrogen-bond acceptors (Lipinski definition) is 6. The van der Waals surface area contributed by atoms with E-state index in [-0.39, 0.29) is 17.2 Å². The van der Waals surface area contributed by atoms with Crippen molar-refractivity contribution in [1.29, 1.82) is 0 Å². The van der Waals surface area contributed by atoms with Crippen LogP contribution in [0.2, 0.25) is 0 Å². The van der Waals surface area contributed by atoms with Gasteiger partial charge >= 0.3 is 0 Å². The fraction of sp³-hybridized carbons (Fsp3) is 0.412. The fourth-order valence-corrected chi connectivity index (χ4v) is 4.03. The van der Waals surface area contributed by atoms with Crippen LogP contribution in [-0.2, 0) is 16.6 Å². The molecule has 1 N–H and O–H groups in total. The van der Waals surface area contributed by atoms with Crippen molar-refractivity contribution in [3.8, 4) is 5.75 Å². The van der Waals surface area contributed by atoms with E-state index >= 15 is 0 Å². The first-order chi connectivity index (χ1) is 12.5. The van der Waals surface area contributed by atoms with E-state index in [1.807, 2.05) is 6.07 Å². The van der Waals surface area contributed by atoms with E-state index in [0.717, 1.165) is 43.9 Å². The average Bonchev–Trinajstić information content (AvgIpc) is 2.67. The third-order valence-electron chi connectivity index (χ3n) is 4.21. The zero-order valence-electron chi connectivity index (χ0n) is 14.5. The number of rotatable bonds is 6. The van der Waals surface area contributed by atoms with Gasteiger partial charge in [-0.15, -0.1) is 0 Å². The van der Waals surface area contributed by atoms with Gasteiger partial charge in [-0.3, -0.25) is 0 Å². The third-order valence-corrected chi connectivity index (χ3v) is 5.63. The maximum absolute atomic E-state index is 13.5. The summed E-state index contributed by atoms with van der Waals surface area (Å²) in [4.78, 5) is 10.5. The molecule has 1 aromatic carbocycles. The largest absolute Gasteiger partial charge is 0.495 e. The number of anilines is 1. The van der Waals surface area contributed by atoms with Crippen molar-refractivity contribution in [2.24, 2.45) is 0 Å². The van der Waals surface area contributed by atoms with E-state index in [0.29, 0.717) is 5.82 Å². The van der Waals surface area contributed by atoms with Gasteiger partial charge in [0.05, 0.1) is 13.7 Å². The topological polar surface area (TPSA) is 84.4 Å². The number of methoxy groups -OCH3 is 1. The summed E-state index contributed by atoms with van der Waals surface area (Å²) in [5.74, 6) is 0.556. The predicted molar refractivity (Wildman–Crippen MR) is 95.1 cm³/mol. The summed E-state index contributed by atoms with van der Waals surface area (Å²) in [6.07, 6.45) is 5.06. The first-order valence-corrected chi connectivity index (χ1v) is 9.88. The van der Waals surface area contributed by atoms with Crippen LogP contribution in [0.1, 0.15) is 25.1 Å². The average molecular weight is 380 g/mol. The van der Waals surface area contributed by atoms with Gasteiger partial charge in [0.25, 0.3) is 0 Å². The molecule has 0 amide bonds. The summed E-state index contributed by atoms with van der Waals surface area (Å²) in [6.45, 7) is 1.77. The molecule has 3 rings (SSSR count). The zero-order chi connectivity index (χ0) is 18.6. The summed E-state index contributed by atoms with van der Waals surface area (Å²) < 4.78 is 45.9. The molecule has 1 fully saturated rings. The van der Waals surface area contributed by atoms with Crippen LogP contribution in [0, 0.1) is 5.82 Å². The monoisotopic (exact) mass is 380 g/mol. The molecular weight excluding hydrogens is 359 g/mol. The fourth-order valence-electron chi connectivity index (χ4n) is 2.87. The minimum absolute atomic E-state index is 0.0712. The van der Waals surface area contributed by atoms with Gasteiger partial charge in [-0.1, -0.05) is 0 Å². The predicted octanol–water partition coefficient (Wildman–Crippen LogP) is 2.09. The normalized spacial score (nSPS) is 15.1. The van der Waals surface area contributed by atoms with Crippen molar-refractivity contribution in [2.45, 2.75) is 30.7 Å². The molecule has 140 valence electrons. The van der Waals surface area contributed by atoms with E-state index in [9.17, 15) is 12.8 Å². The summed E-state index contributed by atoms with van der Waals surface area (Å²) >= 11 is 0. The van der Waals surface area contributed by atoms with Gasteiger partial charge in [0, 0.05) is 19.3 Å². The third kappa shape index (κ3) is 4.28. The minimum atomic E-state index is -3.97. The van der Waals surface area contributed by atoms with Crippen molar-refractivity contribution in [3.05, 3.63) is 42.1 Å². The van der Waals surface area contributed by atoms with Crippen molar-refractivity contribution >= 4 is 15.8 Å². The van der Waals surface area contributed by atoms with E-state index in [1.54, 1.807) is 6.20 Å². The van der Waals surface area contributed by atoms with E-state index in [4.69, 9.17) is 4.74 Å². The Kier molecular flexibility index (Phi) is 5.67. The lowest BCUT2D eigenvalue weighted by Gasteiger charge is -2.27. The maximum atomic E-state index is 13.5. The van der Waals surface area contributed by atoms with Gasteiger partial charge in [-0.2, -0.15) is 0 Å². The Balaban J connectivity index is 1.75. The number of sulfonamides is 1. The molecule has 7 nitrogen and oxygen atoms in total. The first kappa shape index (κ1) is 18.5. The molecule has 1 aliphatic heterocycles. The summed E-state index contributed by atoms with van der Waals surface area (Å²) in [5.41, 5.74) is 0. The van der Waals surface area contributed by atoms with Gasteiger partial charge in [-0.05, 0) is 43.5 Å². The van der Waals surface area contributed by atoms with Crippen molar-refractivity contribution < 1.29 is 17.5 Å². The highest BCUT2D eigenvalue weighted by Crippen LogP contribution is 2.24. The molecule has 1 aromatic heterocycles. The van der Waals surface area contributed by atoms with Crippen LogP contribution in [0.5, 0.6) is 5.75 Å². The molecule has 1 aliphatic rings. The van der Waals surface area contributed by atoms with Crippen LogP contribution < -0.4 is 14.4 Å². The zero-order valence-corrected chi connectivity index (χ0v) is 15.3. The second kappa shape index (κ2) is 7.96. The van der Waals surface area contributed by atoms with Crippen molar-refractivity contribution in [1.82, 2.24) is 14.7 Å². The lowest BCUT2D eigenvalue weighted by Crippen LogP contribution is -2.31. The number of nitrogens with zero attached hydrogens (tertiary/aromatic N) is 3. The second-order valence-corrected chi connectivity index (χ2v) is 7.73.